The largest absolute Gasteiger partial charge is 0.392 e. The molecule has 0 saturated carbocycles. The lowest BCUT2D eigenvalue weighted by Crippen LogP contribution is -2.25. The highest BCUT2D eigenvalue weighted by molar-refractivity contribution is 5.21. The minimum absolute atomic E-state index is 0.0782. The van der Waals surface area contributed by atoms with E-state index in [1.165, 1.54) is 12.1 Å². The maximum absolute atomic E-state index is 13.0. The van der Waals surface area contributed by atoms with Gasteiger partial charge in [-0.2, -0.15) is 0 Å². The number of aromatic nitrogens is 2. The van der Waals surface area contributed by atoms with Crippen molar-refractivity contribution in [2.75, 3.05) is 6.54 Å². The highest BCUT2D eigenvalue weighted by atomic mass is 19.1. The Labute approximate surface area is 116 Å². The number of likely N-dealkylation sites (tertiary alicyclic amines) is 1. The van der Waals surface area contributed by atoms with Crippen LogP contribution in [-0.2, 0) is 6.54 Å². The third-order valence-electron chi connectivity index (χ3n) is 3.60. The summed E-state index contributed by atoms with van der Waals surface area (Å²) in [6.45, 7) is 1.17. The first kappa shape index (κ1) is 13.1. The summed E-state index contributed by atoms with van der Waals surface area (Å²) in [6, 6.07) is 8.32. The van der Waals surface area contributed by atoms with E-state index in [2.05, 4.69) is 14.9 Å². The topological polar surface area (TPSA) is 49.2 Å². The third-order valence-corrected chi connectivity index (χ3v) is 3.60. The van der Waals surface area contributed by atoms with E-state index in [1.54, 1.807) is 30.6 Å². The van der Waals surface area contributed by atoms with E-state index in [0.717, 1.165) is 11.4 Å². The van der Waals surface area contributed by atoms with Crippen LogP contribution in [0.5, 0.6) is 0 Å². The Kier molecular flexibility index (Phi) is 3.71. The first-order valence-electron chi connectivity index (χ1n) is 6.66. The smallest absolute Gasteiger partial charge is 0.142 e. The second kappa shape index (κ2) is 5.64. The molecule has 3 rings (SSSR count). The lowest BCUT2D eigenvalue weighted by molar-refractivity contribution is 0.171. The molecule has 1 saturated heterocycles. The van der Waals surface area contributed by atoms with E-state index < -0.39 is 0 Å². The molecule has 1 aromatic carbocycles. The van der Waals surface area contributed by atoms with Crippen LogP contribution in [0.25, 0.3) is 0 Å². The van der Waals surface area contributed by atoms with Gasteiger partial charge in [-0.05, 0) is 30.2 Å². The normalized spacial score (nSPS) is 23.1. The van der Waals surface area contributed by atoms with E-state index in [9.17, 15) is 9.50 Å². The molecule has 0 spiro atoms. The predicted molar refractivity (Wildman–Crippen MR) is 72.2 cm³/mol. The molecule has 1 aromatic heterocycles. The van der Waals surface area contributed by atoms with Crippen LogP contribution in [0.1, 0.15) is 23.9 Å². The highest BCUT2D eigenvalue weighted by Gasteiger charge is 2.32. The van der Waals surface area contributed by atoms with Gasteiger partial charge < -0.3 is 5.11 Å². The Bertz CT molecular complexity index is 561. The van der Waals surface area contributed by atoms with Crippen LogP contribution in [0, 0.1) is 5.82 Å². The SMILES string of the molecule is O[C@H]1C[C@H](c2ccc(F)cc2)N(Cc2ncccn2)C1. The van der Waals surface area contributed by atoms with E-state index in [1.807, 2.05) is 0 Å². The minimum Gasteiger partial charge on any atom is -0.392 e. The molecule has 20 heavy (non-hydrogen) atoms. The Morgan fingerprint density at radius 3 is 2.60 bits per heavy atom. The zero-order valence-corrected chi connectivity index (χ0v) is 11.0. The highest BCUT2D eigenvalue weighted by Crippen LogP contribution is 2.32. The van der Waals surface area contributed by atoms with Crippen molar-refractivity contribution in [3.63, 3.8) is 0 Å². The van der Waals surface area contributed by atoms with Crippen molar-refractivity contribution < 1.29 is 9.50 Å². The number of rotatable bonds is 3. The van der Waals surface area contributed by atoms with Crippen LogP contribution in [-0.4, -0.2) is 32.6 Å². The van der Waals surface area contributed by atoms with Gasteiger partial charge in [0.05, 0.1) is 12.6 Å². The van der Waals surface area contributed by atoms with Gasteiger partial charge in [0.1, 0.15) is 11.6 Å². The molecule has 1 aliphatic rings. The zero-order chi connectivity index (χ0) is 13.9. The summed E-state index contributed by atoms with van der Waals surface area (Å²) < 4.78 is 13.0. The van der Waals surface area contributed by atoms with E-state index in [-0.39, 0.29) is 18.0 Å². The molecule has 0 amide bonds. The summed E-state index contributed by atoms with van der Waals surface area (Å²) in [5, 5.41) is 9.91. The molecule has 5 heteroatoms. The monoisotopic (exact) mass is 273 g/mol. The number of hydrogen-bond acceptors (Lipinski definition) is 4. The molecule has 0 aliphatic carbocycles. The molecule has 0 bridgehead atoms. The maximum atomic E-state index is 13.0. The van der Waals surface area contributed by atoms with Crippen molar-refractivity contribution in [1.82, 2.24) is 14.9 Å². The zero-order valence-electron chi connectivity index (χ0n) is 11.0. The van der Waals surface area contributed by atoms with Crippen molar-refractivity contribution in [2.45, 2.75) is 25.1 Å². The molecule has 2 aromatic rings. The number of aliphatic hydroxyl groups excluding tert-OH is 1. The summed E-state index contributed by atoms with van der Waals surface area (Å²) in [6.07, 6.45) is 3.70. The molecule has 1 fully saturated rings. The number of halogens is 1. The van der Waals surface area contributed by atoms with Crippen LogP contribution < -0.4 is 0 Å². The molecular formula is C15H16FN3O. The van der Waals surface area contributed by atoms with E-state index in [4.69, 9.17) is 0 Å². The van der Waals surface area contributed by atoms with Gasteiger partial charge in [0.2, 0.25) is 0 Å². The van der Waals surface area contributed by atoms with Crippen LogP contribution in [0.3, 0.4) is 0 Å². The molecule has 2 heterocycles. The summed E-state index contributed by atoms with van der Waals surface area (Å²) in [4.78, 5) is 10.6. The van der Waals surface area contributed by atoms with Crippen LogP contribution in [0.4, 0.5) is 4.39 Å². The number of hydrogen-bond donors (Lipinski definition) is 1. The second-order valence-electron chi connectivity index (χ2n) is 5.05. The van der Waals surface area contributed by atoms with Crippen LogP contribution >= 0.6 is 0 Å². The van der Waals surface area contributed by atoms with Crippen molar-refractivity contribution in [2.24, 2.45) is 0 Å². The average Bonchev–Trinajstić information content (AvgIpc) is 2.81. The van der Waals surface area contributed by atoms with Gasteiger partial charge in [0, 0.05) is 25.0 Å². The fraction of sp³-hybridized carbons (Fsp3) is 0.333. The second-order valence-corrected chi connectivity index (χ2v) is 5.05. The van der Waals surface area contributed by atoms with Gasteiger partial charge in [-0.3, -0.25) is 4.90 Å². The Morgan fingerprint density at radius 1 is 1.20 bits per heavy atom. The first-order chi connectivity index (χ1) is 9.72. The fourth-order valence-corrected chi connectivity index (χ4v) is 2.68. The van der Waals surface area contributed by atoms with Crippen molar-refractivity contribution in [1.29, 1.82) is 0 Å². The number of nitrogens with zero attached hydrogens (tertiary/aromatic N) is 3. The summed E-state index contributed by atoms with van der Waals surface area (Å²) in [7, 11) is 0. The molecule has 1 N–H and O–H groups in total. The third kappa shape index (κ3) is 2.84. The van der Waals surface area contributed by atoms with Crippen molar-refractivity contribution in [3.8, 4) is 0 Å². The van der Waals surface area contributed by atoms with Gasteiger partial charge in [0.15, 0.2) is 0 Å². The summed E-state index contributed by atoms with van der Waals surface area (Å²) >= 11 is 0. The van der Waals surface area contributed by atoms with Gasteiger partial charge in [0.25, 0.3) is 0 Å². The van der Waals surface area contributed by atoms with Gasteiger partial charge in [-0.25, -0.2) is 14.4 Å². The summed E-state index contributed by atoms with van der Waals surface area (Å²) in [5.74, 6) is 0.485. The lowest BCUT2D eigenvalue weighted by Gasteiger charge is -2.23. The van der Waals surface area contributed by atoms with Crippen LogP contribution in [0.15, 0.2) is 42.7 Å². The maximum Gasteiger partial charge on any atom is 0.142 e. The average molecular weight is 273 g/mol. The molecule has 2 atom stereocenters. The number of β-amino-alcohol motifs (C(OH)–C–C–N with tert-alkyl or cyclic N) is 1. The first-order valence-corrected chi connectivity index (χ1v) is 6.66. The molecule has 0 radical (unpaired) electrons. The number of benzene rings is 1. The molecule has 104 valence electrons. The molecular weight excluding hydrogens is 257 g/mol. The predicted octanol–water partition coefficient (Wildman–Crippen LogP) is 1.92. The van der Waals surface area contributed by atoms with Crippen LogP contribution in [0.2, 0.25) is 0 Å². The Morgan fingerprint density at radius 2 is 1.90 bits per heavy atom. The van der Waals surface area contributed by atoms with Crippen molar-refractivity contribution in [3.05, 3.63) is 59.9 Å². The van der Waals surface area contributed by atoms with Gasteiger partial charge in [-0.15, -0.1) is 0 Å². The fourth-order valence-electron chi connectivity index (χ4n) is 2.68. The quantitative estimate of drug-likeness (QED) is 0.928. The molecule has 0 unspecified atom stereocenters. The van der Waals surface area contributed by atoms with E-state index in [0.29, 0.717) is 19.5 Å². The minimum atomic E-state index is -0.367. The summed E-state index contributed by atoms with van der Waals surface area (Å²) in [5.41, 5.74) is 1.01. The van der Waals surface area contributed by atoms with E-state index >= 15 is 0 Å². The molecule has 4 nitrogen and oxygen atoms in total. The Hall–Kier alpha value is -1.85. The Balaban J connectivity index is 1.80. The molecule has 1 aliphatic heterocycles. The van der Waals surface area contributed by atoms with Gasteiger partial charge in [-0.1, -0.05) is 12.1 Å². The van der Waals surface area contributed by atoms with Gasteiger partial charge >= 0.3 is 0 Å². The standard InChI is InChI=1S/C15H16FN3O/c16-12-4-2-11(3-5-12)14-8-13(20)9-19(14)10-15-17-6-1-7-18-15/h1-7,13-14,20H,8-10H2/t13-,14+/m0/s1. The number of aliphatic hydroxyl groups is 1. The van der Waals surface area contributed by atoms with Crippen molar-refractivity contribution >= 4 is 0 Å². The lowest BCUT2D eigenvalue weighted by atomic mass is 10.0.